The van der Waals surface area contributed by atoms with Crippen molar-refractivity contribution in [3.8, 4) is 5.75 Å². The molecule has 2 aromatic rings. The maximum atomic E-state index is 12.6. The summed E-state index contributed by atoms with van der Waals surface area (Å²) >= 11 is 6.09. The molecule has 2 aromatic carbocycles. The van der Waals surface area contributed by atoms with Gasteiger partial charge in [-0.2, -0.15) is 0 Å². The zero-order chi connectivity index (χ0) is 19.9. The van der Waals surface area contributed by atoms with Crippen LogP contribution in [0.25, 0.3) is 0 Å². The molecular formula is C18H21ClN2O5S. The molecule has 0 saturated carbocycles. The van der Waals surface area contributed by atoms with Gasteiger partial charge in [0, 0.05) is 12.6 Å². The molecule has 0 aliphatic rings. The van der Waals surface area contributed by atoms with Crippen LogP contribution in [0.2, 0.25) is 5.02 Å². The van der Waals surface area contributed by atoms with E-state index in [0.717, 1.165) is 5.56 Å². The topological polar surface area (TPSA) is 105 Å². The third kappa shape index (κ3) is 6.21. The van der Waals surface area contributed by atoms with Crippen LogP contribution in [0.5, 0.6) is 5.75 Å². The summed E-state index contributed by atoms with van der Waals surface area (Å²) in [7, 11) is -3.79. The first kappa shape index (κ1) is 21.2. The molecule has 7 nitrogen and oxygen atoms in total. The molecule has 0 saturated heterocycles. The number of benzene rings is 2. The fraction of sp³-hybridized carbons (Fsp3) is 0.278. The SMILES string of the molecule is CC(NS(=O)(=O)c1ccc(OCC(=O)NCCO)c(Cl)c1)c1ccccc1. The number of hydrogen-bond acceptors (Lipinski definition) is 5. The van der Waals surface area contributed by atoms with Crippen molar-refractivity contribution in [1.82, 2.24) is 10.0 Å². The highest BCUT2D eigenvalue weighted by atomic mass is 35.5. The Kier molecular flexibility index (Phi) is 7.61. The smallest absolute Gasteiger partial charge is 0.258 e. The average molecular weight is 413 g/mol. The van der Waals surface area contributed by atoms with Gasteiger partial charge < -0.3 is 15.2 Å². The molecular weight excluding hydrogens is 392 g/mol. The molecule has 0 bridgehead atoms. The highest BCUT2D eigenvalue weighted by molar-refractivity contribution is 7.89. The molecule has 1 atom stereocenters. The number of carbonyl (C=O) groups excluding carboxylic acids is 1. The molecule has 0 aliphatic carbocycles. The highest BCUT2D eigenvalue weighted by Crippen LogP contribution is 2.28. The predicted molar refractivity (Wildman–Crippen MR) is 102 cm³/mol. The van der Waals surface area contributed by atoms with Crippen LogP contribution in [0.3, 0.4) is 0 Å². The van der Waals surface area contributed by atoms with Crippen molar-refractivity contribution in [3.05, 3.63) is 59.1 Å². The van der Waals surface area contributed by atoms with Gasteiger partial charge in [0.2, 0.25) is 10.0 Å². The van der Waals surface area contributed by atoms with Crippen LogP contribution in [0.4, 0.5) is 0 Å². The summed E-state index contributed by atoms with van der Waals surface area (Å²) in [5.74, 6) is -0.235. The zero-order valence-corrected chi connectivity index (χ0v) is 16.3. The number of aliphatic hydroxyl groups excluding tert-OH is 1. The number of hydrogen-bond donors (Lipinski definition) is 3. The molecule has 9 heteroatoms. The van der Waals surface area contributed by atoms with Crippen LogP contribution in [0.1, 0.15) is 18.5 Å². The maximum Gasteiger partial charge on any atom is 0.258 e. The first-order valence-electron chi connectivity index (χ1n) is 8.20. The number of ether oxygens (including phenoxy) is 1. The normalized spacial score (nSPS) is 12.4. The lowest BCUT2D eigenvalue weighted by Gasteiger charge is -2.15. The van der Waals surface area contributed by atoms with Crippen molar-refractivity contribution < 1.29 is 23.1 Å². The molecule has 1 amide bonds. The predicted octanol–water partition coefficient (Wildman–Crippen LogP) is 1.87. The number of carbonyl (C=O) groups is 1. The van der Waals surface area contributed by atoms with E-state index in [1.54, 1.807) is 6.92 Å². The second-order valence-electron chi connectivity index (χ2n) is 5.71. The Bertz CT molecular complexity index is 875. The molecule has 0 spiro atoms. The summed E-state index contributed by atoms with van der Waals surface area (Å²) in [5.41, 5.74) is 0.834. The van der Waals surface area contributed by atoms with Gasteiger partial charge in [-0.1, -0.05) is 41.9 Å². The van der Waals surface area contributed by atoms with E-state index < -0.39 is 22.0 Å². The van der Waals surface area contributed by atoms with Crippen LogP contribution >= 0.6 is 11.6 Å². The molecule has 1 unspecified atom stereocenters. The van der Waals surface area contributed by atoms with Crippen molar-refractivity contribution in [2.75, 3.05) is 19.8 Å². The summed E-state index contributed by atoms with van der Waals surface area (Å²) in [6.45, 7) is 1.40. The molecule has 0 aliphatic heterocycles. The first-order valence-corrected chi connectivity index (χ1v) is 10.1. The van der Waals surface area contributed by atoms with E-state index in [1.807, 2.05) is 30.3 Å². The Morgan fingerprint density at radius 2 is 1.93 bits per heavy atom. The summed E-state index contributed by atoms with van der Waals surface area (Å²) in [6, 6.07) is 12.8. The van der Waals surface area contributed by atoms with Crippen LogP contribution in [-0.2, 0) is 14.8 Å². The number of rotatable bonds is 9. The lowest BCUT2D eigenvalue weighted by atomic mass is 10.1. The summed E-state index contributed by atoms with van der Waals surface area (Å²) < 4.78 is 33.0. The van der Waals surface area contributed by atoms with Crippen LogP contribution < -0.4 is 14.8 Å². The van der Waals surface area contributed by atoms with E-state index in [1.165, 1.54) is 18.2 Å². The standard InChI is InChI=1S/C18H21ClN2O5S/c1-13(14-5-3-2-4-6-14)21-27(24,25)15-7-8-17(16(19)11-15)26-12-18(23)20-9-10-22/h2-8,11,13,21-22H,9-10,12H2,1H3,(H,20,23). The molecule has 3 N–H and O–H groups in total. The minimum absolute atomic E-state index is 0.00707. The molecule has 0 heterocycles. The number of amides is 1. The Morgan fingerprint density at radius 1 is 1.22 bits per heavy atom. The van der Waals surface area contributed by atoms with Gasteiger partial charge in [0.1, 0.15) is 5.75 Å². The van der Waals surface area contributed by atoms with Crippen molar-refractivity contribution in [2.45, 2.75) is 17.9 Å². The molecule has 2 rings (SSSR count). The van der Waals surface area contributed by atoms with Crippen LogP contribution in [0.15, 0.2) is 53.4 Å². The third-order valence-corrected chi connectivity index (χ3v) is 5.47. The Hall–Kier alpha value is -2.13. The third-order valence-electron chi connectivity index (χ3n) is 3.64. The minimum atomic E-state index is -3.79. The molecule has 0 radical (unpaired) electrons. The van der Waals surface area contributed by atoms with Gasteiger partial charge in [0.25, 0.3) is 5.91 Å². The molecule has 146 valence electrons. The summed E-state index contributed by atoms with van der Waals surface area (Å²) in [4.78, 5) is 11.5. The van der Waals surface area contributed by atoms with Crippen molar-refractivity contribution >= 4 is 27.5 Å². The Labute approximate surface area is 163 Å². The molecule has 27 heavy (non-hydrogen) atoms. The van der Waals surface area contributed by atoms with Gasteiger partial charge in [0.15, 0.2) is 6.61 Å². The van der Waals surface area contributed by atoms with E-state index >= 15 is 0 Å². The second kappa shape index (κ2) is 9.70. The monoisotopic (exact) mass is 412 g/mol. The van der Waals surface area contributed by atoms with Gasteiger partial charge in [-0.3, -0.25) is 4.79 Å². The minimum Gasteiger partial charge on any atom is -0.482 e. The zero-order valence-electron chi connectivity index (χ0n) is 14.7. The lowest BCUT2D eigenvalue weighted by Crippen LogP contribution is -2.31. The van der Waals surface area contributed by atoms with E-state index in [9.17, 15) is 13.2 Å². The Morgan fingerprint density at radius 3 is 2.56 bits per heavy atom. The van der Waals surface area contributed by atoms with Crippen LogP contribution in [0, 0.1) is 0 Å². The summed E-state index contributed by atoms with van der Waals surface area (Å²) in [5, 5.41) is 11.1. The van der Waals surface area contributed by atoms with Gasteiger partial charge >= 0.3 is 0 Å². The number of nitrogens with one attached hydrogen (secondary N) is 2. The quantitative estimate of drug-likeness (QED) is 0.583. The second-order valence-corrected chi connectivity index (χ2v) is 7.83. The van der Waals surface area contributed by atoms with Gasteiger partial charge in [-0.05, 0) is 30.7 Å². The van der Waals surface area contributed by atoms with Crippen molar-refractivity contribution in [3.63, 3.8) is 0 Å². The number of aliphatic hydroxyl groups is 1. The average Bonchev–Trinajstić information content (AvgIpc) is 2.65. The van der Waals surface area contributed by atoms with E-state index in [2.05, 4.69) is 10.0 Å². The maximum absolute atomic E-state index is 12.6. The van der Waals surface area contributed by atoms with Crippen molar-refractivity contribution in [2.24, 2.45) is 0 Å². The van der Waals surface area contributed by atoms with Crippen LogP contribution in [-0.4, -0.2) is 39.2 Å². The molecule has 0 fully saturated rings. The number of sulfonamides is 1. The fourth-order valence-electron chi connectivity index (χ4n) is 2.27. The lowest BCUT2D eigenvalue weighted by molar-refractivity contribution is -0.123. The van der Waals surface area contributed by atoms with Gasteiger partial charge in [-0.25, -0.2) is 13.1 Å². The van der Waals surface area contributed by atoms with E-state index in [-0.39, 0.29) is 35.4 Å². The van der Waals surface area contributed by atoms with Crippen molar-refractivity contribution in [1.29, 1.82) is 0 Å². The van der Waals surface area contributed by atoms with Gasteiger partial charge in [0.05, 0.1) is 16.5 Å². The molecule has 0 aromatic heterocycles. The van der Waals surface area contributed by atoms with Gasteiger partial charge in [-0.15, -0.1) is 0 Å². The Balaban J connectivity index is 2.05. The van der Waals surface area contributed by atoms with E-state index in [4.69, 9.17) is 21.4 Å². The first-order chi connectivity index (χ1) is 12.8. The highest BCUT2D eigenvalue weighted by Gasteiger charge is 2.20. The summed E-state index contributed by atoms with van der Waals surface area (Å²) in [6.07, 6.45) is 0. The number of halogens is 1. The largest absolute Gasteiger partial charge is 0.482 e. The van der Waals surface area contributed by atoms with E-state index in [0.29, 0.717) is 0 Å². The fourth-order valence-corrected chi connectivity index (χ4v) is 3.82.